The second-order valence-corrected chi connectivity index (χ2v) is 3.10. The van der Waals surface area contributed by atoms with Crippen molar-refractivity contribution in [1.29, 1.82) is 0 Å². The van der Waals surface area contributed by atoms with E-state index in [1.807, 2.05) is 18.2 Å². The number of rotatable bonds is 4. The Kier molecular flexibility index (Phi) is 3.62. The monoisotopic (exact) mass is 180 g/mol. The van der Waals surface area contributed by atoms with Gasteiger partial charge in [-0.25, -0.2) is 0 Å². The van der Waals surface area contributed by atoms with Crippen molar-refractivity contribution >= 4 is 14.2 Å². The molecule has 1 aromatic rings. The predicted molar refractivity (Wildman–Crippen MR) is 47.9 cm³/mol. The van der Waals surface area contributed by atoms with Crippen LogP contribution in [0.25, 0.3) is 0 Å². The van der Waals surface area contributed by atoms with E-state index in [0.717, 1.165) is 0 Å². The van der Waals surface area contributed by atoms with Crippen molar-refractivity contribution in [3.05, 3.63) is 35.9 Å². The third-order valence-corrected chi connectivity index (χ3v) is 1.93. The highest BCUT2D eigenvalue weighted by atomic mass is 31.1. The van der Waals surface area contributed by atoms with Crippen molar-refractivity contribution in [3.63, 3.8) is 0 Å². The summed E-state index contributed by atoms with van der Waals surface area (Å²) in [6.45, 7) is 0. The summed E-state index contributed by atoms with van der Waals surface area (Å²) in [5, 5.41) is 0. The van der Waals surface area contributed by atoms with Crippen LogP contribution in [0.1, 0.15) is 16.8 Å². The van der Waals surface area contributed by atoms with Gasteiger partial charge in [0.2, 0.25) is 0 Å². The number of benzene rings is 1. The van der Waals surface area contributed by atoms with Gasteiger partial charge >= 0.3 is 0 Å². The third kappa shape index (κ3) is 2.55. The van der Waals surface area contributed by atoms with E-state index in [2.05, 4.69) is 0 Å². The zero-order valence-corrected chi connectivity index (χ0v) is 7.46. The number of ketones is 1. The topological polar surface area (TPSA) is 34.1 Å². The maximum atomic E-state index is 11.3. The number of hydrogen-bond donors (Lipinski definition) is 0. The van der Waals surface area contributed by atoms with Gasteiger partial charge in [0.25, 0.3) is 0 Å². The van der Waals surface area contributed by atoms with Crippen LogP contribution in [0, 0.1) is 0 Å². The molecule has 2 nitrogen and oxygen atoms in total. The first-order valence-electron chi connectivity index (χ1n) is 3.72. The Bertz CT molecular complexity index is 269. The second kappa shape index (κ2) is 4.78. The van der Waals surface area contributed by atoms with Crippen LogP contribution in [-0.4, -0.2) is 11.9 Å². The van der Waals surface area contributed by atoms with Gasteiger partial charge in [-0.15, -0.1) is 0 Å². The van der Waals surface area contributed by atoms with Gasteiger partial charge in [0.15, 0.2) is 14.2 Å². The van der Waals surface area contributed by atoms with Gasteiger partial charge in [-0.05, 0) is 0 Å². The van der Waals surface area contributed by atoms with Gasteiger partial charge in [0.05, 0.1) is 0 Å². The van der Waals surface area contributed by atoms with Crippen LogP contribution < -0.4 is 0 Å². The summed E-state index contributed by atoms with van der Waals surface area (Å²) in [5.41, 5.74) is 0.696. The Hall–Kier alpha value is -1.01. The van der Waals surface area contributed by atoms with Gasteiger partial charge in [0, 0.05) is 18.1 Å². The first kappa shape index (κ1) is 9.08. The molecule has 1 rings (SSSR count). The van der Waals surface area contributed by atoms with Gasteiger partial charge in [-0.3, -0.25) is 9.36 Å². The third-order valence-electron chi connectivity index (χ3n) is 1.53. The Morgan fingerprint density at radius 1 is 1.25 bits per heavy atom. The summed E-state index contributed by atoms with van der Waals surface area (Å²) in [6, 6.07) is 9.04. The maximum Gasteiger partial charge on any atom is 0.163 e. The normalized spacial score (nSPS) is 10.0. The molecule has 12 heavy (non-hydrogen) atoms. The molecule has 0 unspecified atom stereocenters. The SMILES string of the molecule is O=PCCC(=O)c1ccccc1. The molecule has 0 radical (unpaired) electrons. The molecule has 0 amide bonds. The molecule has 62 valence electrons. The fourth-order valence-corrected chi connectivity index (χ4v) is 1.21. The molecule has 1 aromatic carbocycles. The number of carbonyl (C=O) groups excluding carboxylic acids is 1. The lowest BCUT2D eigenvalue weighted by atomic mass is 10.1. The number of Topliss-reactive ketones (excluding diaryl/α,β-unsaturated/α-hetero) is 1. The van der Waals surface area contributed by atoms with E-state index in [-0.39, 0.29) is 14.2 Å². The Labute approximate surface area is 72.8 Å². The molecular weight excluding hydrogens is 171 g/mol. The van der Waals surface area contributed by atoms with Crippen molar-refractivity contribution in [2.75, 3.05) is 6.16 Å². The minimum absolute atomic E-state index is 0.0392. The molecular formula is C9H9O2P. The second-order valence-electron chi connectivity index (χ2n) is 2.39. The lowest BCUT2D eigenvalue weighted by Gasteiger charge is -1.95. The van der Waals surface area contributed by atoms with Gasteiger partial charge in [-0.2, -0.15) is 0 Å². The Morgan fingerprint density at radius 3 is 2.50 bits per heavy atom. The lowest BCUT2D eigenvalue weighted by Crippen LogP contribution is -1.98. The molecule has 0 aromatic heterocycles. The van der Waals surface area contributed by atoms with E-state index < -0.39 is 0 Å². The van der Waals surface area contributed by atoms with Crippen molar-refractivity contribution in [2.45, 2.75) is 6.42 Å². The average Bonchev–Trinajstić information content (AvgIpc) is 2.15. The summed E-state index contributed by atoms with van der Waals surface area (Å²) in [5.74, 6) is 0.0546. The summed E-state index contributed by atoms with van der Waals surface area (Å²) in [6.07, 6.45) is 0.767. The van der Waals surface area contributed by atoms with Crippen LogP contribution in [-0.2, 0) is 4.57 Å². The molecule has 0 N–H and O–H groups in total. The summed E-state index contributed by atoms with van der Waals surface area (Å²) >= 11 is 0. The molecule has 0 heterocycles. The van der Waals surface area contributed by atoms with Crippen LogP contribution in [0.4, 0.5) is 0 Å². The fraction of sp³-hybridized carbons (Fsp3) is 0.222. The first-order chi connectivity index (χ1) is 5.84. The molecule has 0 fully saturated rings. The van der Waals surface area contributed by atoms with Crippen molar-refractivity contribution in [3.8, 4) is 0 Å². The quantitative estimate of drug-likeness (QED) is 0.527. The smallest absolute Gasteiger partial charge is 0.163 e. The van der Waals surface area contributed by atoms with E-state index in [9.17, 15) is 9.36 Å². The van der Waals surface area contributed by atoms with Crippen LogP contribution in [0.2, 0.25) is 0 Å². The highest BCUT2D eigenvalue weighted by Gasteiger charge is 2.02. The maximum absolute atomic E-state index is 11.3. The summed E-state index contributed by atoms with van der Waals surface area (Å²) < 4.78 is 10.1. The Balaban J connectivity index is 2.59. The highest BCUT2D eigenvalue weighted by Crippen LogP contribution is 2.05. The van der Waals surface area contributed by atoms with E-state index >= 15 is 0 Å². The van der Waals surface area contributed by atoms with E-state index in [4.69, 9.17) is 0 Å². The standard InChI is InChI=1S/C9H9O2P/c10-9(6-7-12-11)8-4-2-1-3-5-8/h1-5H,6-7H2. The van der Waals surface area contributed by atoms with E-state index in [1.54, 1.807) is 12.1 Å². The number of carbonyl (C=O) groups is 1. The summed E-state index contributed by atoms with van der Waals surface area (Å²) in [7, 11) is 0.0392. The fourth-order valence-electron chi connectivity index (χ4n) is 0.916. The molecule has 0 saturated heterocycles. The van der Waals surface area contributed by atoms with Crippen LogP contribution >= 0.6 is 8.46 Å². The molecule has 0 bridgehead atoms. The molecule has 0 aliphatic rings. The average molecular weight is 180 g/mol. The molecule has 0 saturated carbocycles. The minimum Gasteiger partial charge on any atom is -0.294 e. The predicted octanol–water partition coefficient (Wildman–Crippen LogP) is 2.55. The van der Waals surface area contributed by atoms with Crippen molar-refractivity contribution < 1.29 is 9.36 Å². The summed E-state index contributed by atoms with van der Waals surface area (Å²) in [4.78, 5) is 11.3. The van der Waals surface area contributed by atoms with Crippen LogP contribution in [0.5, 0.6) is 0 Å². The highest BCUT2D eigenvalue weighted by molar-refractivity contribution is 7.23. The first-order valence-corrected chi connectivity index (χ1v) is 4.71. The molecule has 0 aliphatic carbocycles. The molecule has 0 aliphatic heterocycles. The largest absolute Gasteiger partial charge is 0.294 e. The van der Waals surface area contributed by atoms with Gasteiger partial charge < -0.3 is 0 Å². The van der Waals surface area contributed by atoms with Crippen LogP contribution in [0.3, 0.4) is 0 Å². The van der Waals surface area contributed by atoms with E-state index in [1.165, 1.54) is 0 Å². The zero-order valence-electron chi connectivity index (χ0n) is 6.56. The molecule has 3 heteroatoms. The lowest BCUT2D eigenvalue weighted by molar-refractivity contribution is 0.0989. The molecule has 0 spiro atoms. The van der Waals surface area contributed by atoms with Gasteiger partial charge in [-0.1, -0.05) is 30.3 Å². The van der Waals surface area contributed by atoms with E-state index in [0.29, 0.717) is 18.1 Å². The van der Waals surface area contributed by atoms with Crippen molar-refractivity contribution in [2.24, 2.45) is 0 Å². The number of hydrogen-bond acceptors (Lipinski definition) is 2. The minimum atomic E-state index is 0.0392. The van der Waals surface area contributed by atoms with Crippen LogP contribution in [0.15, 0.2) is 30.3 Å². The molecule has 0 atom stereocenters. The van der Waals surface area contributed by atoms with Crippen molar-refractivity contribution in [1.82, 2.24) is 0 Å². The Morgan fingerprint density at radius 2 is 1.92 bits per heavy atom. The zero-order chi connectivity index (χ0) is 8.81. The van der Waals surface area contributed by atoms with Gasteiger partial charge in [0.1, 0.15) is 0 Å².